The number of ether oxygens (including phenoxy) is 1. The lowest BCUT2D eigenvalue weighted by Crippen LogP contribution is -2.54. The summed E-state index contributed by atoms with van der Waals surface area (Å²) in [6.07, 6.45) is 3.43. The number of anilines is 1. The van der Waals surface area contributed by atoms with Gasteiger partial charge in [-0.3, -0.25) is 9.69 Å². The number of nitrogens with zero attached hydrogens (tertiary/aromatic N) is 4. The highest BCUT2D eigenvalue weighted by Gasteiger charge is 2.44. The number of halogens is 4. The molecule has 1 aromatic carbocycles. The summed E-state index contributed by atoms with van der Waals surface area (Å²) in [6, 6.07) is 1.10. The van der Waals surface area contributed by atoms with Crippen molar-refractivity contribution in [1.82, 2.24) is 19.8 Å². The molecule has 0 atom stereocenters. The normalized spacial score (nSPS) is 19.5. The number of piperidine rings is 2. The topological polar surface area (TPSA) is 84.6 Å². The van der Waals surface area contributed by atoms with Gasteiger partial charge in [-0.2, -0.15) is 0 Å². The number of carbonyl (C=O) groups excluding carboxylic acids is 1. The predicted octanol–water partition coefficient (Wildman–Crippen LogP) is 2.85. The quantitative estimate of drug-likeness (QED) is 0.681. The van der Waals surface area contributed by atoms with Gasteiger partial charge in [0.05, 0.1) is 0 Å². The molecule has 11 heteroatoms. The lowest BCUT2D eigenvalue weighted by molar-refractivity contribution is -0.149. The Hall–Kier alpha value is -2.95. The molecule has 0 radical (unpaired) electrons. The van der Waals surface area contributed by atoms with Crippen LogP contribution in [0.25, 0.3) is 0 Å². The lowest BCUT2D eigenvalue weighted by Gasteiger charge is -2.40. The Balaban J connectivity index is 1.27. The molecule has 178 valence electrons. The van der Waals surface area contributed by atoms with Crippen molar-refractivity contribution in [2.75, 3.05) is 31.9 Å². The number of alkyl halides is 1. The van der Waals surface area contributed by atoms with Crippen LogP contribution in [0.15, 0.2) is 24.5 Å². The zero-order valence-corrected chi connectivity index (χ0v) is 17.9. The molecular formula is C22H25F4N5O2. The van der Waals surface area contributed by atoms with Crippen molar-refractivity contribution in [3.63, 3.8) is 0 Å². The summed E-state index contributed by atoms with van der Waals surface area (Å²) in [6.45, 7) is 1.80. The summed E-state index contributed by atoms with van der Waals surface area (Å²) >= 11 is 0. The van der Waals surface area contributed by atoms with Gasteiger partial charge < -0.3 is 15.4 Å². The molecule has 4 rings (SSSR count). The van der Waals surface area contributed by atoms with E-state index < -0.39 is 40.9 Å². The fourth-order valence-corrected chi connectivity index (χ4v) is 4.25. The van der Waals surface area contributed by atoms with Gasteiger partial charge in [0.15, 0.2) is 23.1 Å². The van der Waals surface area contributed by atoms with Gasteiger partial charge in [0.1, 0.15) is 11.9 Å². The summed E-state index contributed by atoms with van der Waals surface area (Å²) in [5.41, 5.74) is 4.39. The van der Waals surface area contributed by atoms with Gasteiger partial charge in [-0.25, -0.2) is 27.5 Å². The van der Waals surface area contributed by atoms with E-state index in [9.17, 15) is 18.0 Å². The van der Waals surface area contributed by atoms with Gasteiger partial charge in [-0.15, -0.1) is 0 Å². The first kappa shape index (κ1) is 23.2. The van der Waals surface area contributed by atoms with Gasteiger partial charge in [0, 0.05) is 88.5 Å². The fraction of sp³-hybridized carbons (Fsp3) is 0.500. The maximum atomic E-state index is 15.5. The molecule has 2 aromatic rings. The van der Waals surface area contributed by atoms with Crippen LogP contribution in [0.5, 0.6) is 5.75 Å². The number of rotatable bonds is 5. The van der Waals surface area contributed by atoms with Crippen LogP contribution < -0.4 is 10.5 Å². The molecule has 2 aliphatic heterocycles. The van der Waals surface area contributed by atoms with E-state index in [2.05, 4.69) is 9.97 Å². The molecule has 0 unspecified atom stereocenters. The van der Waals surface area contributed by atoms with Crippen LogP contribution in [0.2, 0.25) is 0 Å². The van der Waals surface area contributed by atoms with Crippen LogP contribution in [-0.4, -0.2) is 63.6 Å². The van der Waals surface area contributed by atoms with Crippen LogP contribution in [0.1, 0.15) is 31.2 Å². The Morgan fingerprint density at radius 2 is 1.64 bits per heavy atom. The maximum Gasteiger partial charge on any atom is 0.260 e. The Labute approximate surface area is 188 Å². The van der Waals surface area contributed by atoms with E-state index in [0.29, 0.717) is 44.6 Å². The zero-order chi connectivity index (χ0) is 23.6. The fourth-order valence-electron chi connectivity index (χ4n) is 4.25. The van der Waals surface area contributed by atoms with Crippen molar-refractivity contribution in [1.29, 1.82) is 0 Å². The van der Waals surface area contributed by atoms with Crippen molar-refractivity contribution < 1.29 is 27.1 Å². The first-order valence-corrected chi connectivity index (χ1v) is 10.8. The van der Waals surface area contributed by atoms with Crippen molar-refractivity contribution in [3.8, 4) is 5.75 Å². The van der Waals surface area contributed by atoms with Crippen molar-refractivity contribution in [3.05, 3.63) is 47.5 Å². The molecule has 2 fully saturated rings. The number of hydrogen-bond donors (Lipinski definition) is 1. The Kier molecular flexibility index (Phi) is 6.68. The highest BCUT2D eigenvalue weighted by Crippen LogP contribution is 2.32. The first-order chi connectivity index (χ1) is 15.7. The summed E-state index contributed by atoms with van der Waals surface area (Å²) in [4.78, 5) is 24.3. The maximum absolute atomic E-state index is 15.5. The number of carbonyl (C=O) groups is 1. The third-order valence-corrected chi connectivity index (χ3v) is 6.14. The molecule has 0 bridgehead atoms. The third-order valence-electron chi connectivity index (χ3n) is 6.14. The zero-order valence-electron chi connectivity index (χ0n) is 17.9. The van der Waals surface area contributed by atoms with E-state index in [4.69, 9.17) is 10.5 Å². The van der Waals surface area contributed by atoms with Crippen LogP contribution in [0.4, 0.5) is 23.5 Å². The molecule has 2 N–H and O–H groups in total. The van der Waals surface area contributed by atoms with Crippen molar-refractivity contribution >= 4 is 11.9 Å². The van der Waals surface area contributed by atoms with Gasteiger partial charge in [-0.1, -0.05) is 0 Å². The second kappa shape index (κ2) is 9.50. The Morgan fingerprint density at radius 3 is 2.21 bits per heavy atom. The highest BCUT2D eigenvalue weighted by atomic mass is 19.2. The largest absolute Gasteiger partial charge is 0.484 e. The van der Waals surface area contributed by atoms with E-state index in [1.807, 2.05) is 4.90 Å². The van der Waals surface area contributed by atoms with Gasteiger partial charge in [-0.05, 0) is 0 Å². The van der Waals surface area contributed by atoms with Gasteiger partial charge in [0.2, 0.25) is 5.95 Å². The molecule has 1 aromatic heterocycles. The van der Waals surface area contributed by atoms with E-state index in [-0.39, 0.29) is 31.9 Å². The molecule has 0 aliphatic carbocycles. The SMILES string of the molecule is Nc1ncc(CN2CCC(F)(C(=O)N3CCC(Oc4c(F)cc(F)cc4F)CC3)CC2)cn1. The number of aromatic nitrogens is 2. The summed E-state index contributed by atoms with van der Waals surface area (Å²) in [5, 5.41) is 0. The molecule has 3 heterocycles. The molecule has 33 heavy (non-hydrogen) atoms. The predicted molar refractivity (Wildman–Crippen MR) is 111 cm³/mol. The second-order valence-corrected chi connectivity index (χ2v) is 8.50. The van der Waals surface area contributed by atoms with E-state index in [1.165, 1.54) is 4.90 Å². The Morgan fingerprint density at radius 1 is 1.06 bits per heavy atom. The molecule has 2 aliphatic rings. The molecule has 0 spiro atoms. The number of benzene rings is 1. The highest BCUT2D eigenvalue weighted by molar-refractivity contribution is 5.85. The van der Waals surface area contributed by atoms with Crippen LogP contribution in [0, 0.1) is 17.5 Å². The number of nitrogen functional groups attached to an aromatic ring is 1. The average molecular weight is 467 g/mol. The molecule has 2 saturated heterocycles. The number of nitrogens with two attached hydrogens (primary N) is 1. The minimum absolute atomic E-state index is 0.0735. The molecule has 0 saturated carbocycles. The Bertz CT molecular complexity index is 968. The van der Waals surface area contributed by atoms with E-state index in [1.54, 1.807) is 12.4 Å². The summed E-state index contributed by atoms with van der Waals surface area (Å²) in [5.74, 6) is -4.28. The molecule has 7 nitrogen and oxygen atoms in total. The number of likely N-dealkylation sites (tertiary alicyclic amines) is 2. The minimum atomic E-state index is -1.95. The van der Waals surface area contributed by atoms with Crippen LogP contribution >= 0.6 is 0 Å². The summed E-state index contributed by atoms with van der Waals surface area (Å²) in [7, 11) is 0. The lowest BCUT2D eigenvalue weighted by atomic mass is 9.90. The van der Waals surface area contributed by atoms with Crippen molar-refractivity contribution in [2.45, 2.75) is 44.0 Å². The monoisotopic (exact) mass is 467 g/mol. The van der Waals surface area contributed by atoms with Gasteiger partial charge >= 0.3 is 0 Å². The van der Waals surface area contributed by atoms with Crippen LogP contribution in [0.3, 0.4) is 0 Å². The van der Waals surface area contributed by atoms with E-state index >= 15 is 4.39 Å². The second-order valence-electron chi connectivity index (χ2n) is 8.50. The standard InChI is InChI=1S/C22H25F4N5O2/c23-15-9-17(24)19(18(25)10-15)33-16-1-5-31(6-2-16)20(32)22(26)3-7-30(8-4-22)13-14-11-28-21(27)29-12-14/h9-12,16H,1-8,13H2,(H2,27,28,29). The average Bonchev–Trinajstić information content (AvgIpc) is 2.79. The third kappa shape index (κ3) is 5.35. The van der Waals surface area contributed by atoms with Crippen molar-refractivity contribution in [2.24, 2.45) is 0 Å². The minimum Gasteiger partial charge on any atom is -0.484 e. The summed E-state index contributed by atoms with van der Waals surface area (Å²) < 4.78 is 61.5. The van der Waals surface area contributed by atoms with E-state index in [0.717, 1.165) is 5.56 Å². The molecular weight excluding hydrogens is 442 g/mol. The number of hydrogen-bond acceptors (Lipinski definition) is 6. The number of amides is 1. The van der Waals surface area contributed by atoms with Gasteiger partial charge in [0.25, 0.3) is 5.91 Å². The first-order valence-electron chi connectivity index (χ1n) is 10.8. The van der Waals surface area contributed by atoms with Crippen LogP contribution in [-0.2, 0) is 11.3 Å². The smallest absolute Gasteiger partial charge is 0.260 e. The molecule has 1 amide bonds.